The molecule has 1 atom stereocenters. The van der Waals surface area contributed by atoms with Crippen molar-refractivity contribution in [3.8, 4) is 0 Å². The highest BCUT2D eigenvalue weighted by Gasteiger charge is 2.36. The predicted molar refractivity (Wildman–Crippen MR) is 51.3 cm³/mol. The van der Waals surface area contributed by atoms with E-state index in [1.807, 2.05) is 0 Å². The quantitative estimate of drug-likeness (QED) is 0.582. The summed E-state index contributed by atoms with van der Waals surface area (Å²) in [5.41, 5.74) is 0.693. The molecule has 0 aliphatic carbocycles. The number of rotatable bonds is 0. The molecule has 0 amide bonds. The highest BCUT2D eigenvalue weighted by molar-refractivity contribution is 4.90. The molecule has 2 heterocycles. The van der Waals surface area contributed by atoms with Crippen LogP contribution in [0.4, 0.5) is 0 Å². The van der Waals surface area contributed by atoms with Crippen LogP contribution in [-0.4, -0.2) is 38.1 Å². The Hall–Kier alpha value is -0.0800. The summed E-state index contributed by atoms with van der Waals surface area (Å²) in [4.78, 5) is 2.49. The van der Waals surface area contributed by atoms with Crippen LogP contribution in [0.3, 0.4) is 0 Å². The van der Waals surface area contributed by atoms with Crippen molar-refractivity contribution in [1.29, 1.82) is 0 Å². The van der Waals surface area contributed by atoms with Crippen molar-refractivity contribution in [1.82, 2.24) is 10.2 Å². The normalized spacial score (nSPS) is 38.8. The van der Waals surface area contributed by atoms with Gasteiger partial charge in [-0.3, -0.25) is 0 Å². The Bertz CT molecular complexity index is 148. The molecule has 2 nitrogen and oxygen atoms in total. The number of nitrogens with one attached hydrogen (secondary N) is 1. The van der Waals surface area contributed by atoms with Crippen molar-refractivity contribution in [2.45, 2.75) is 25.7 Å². The topological polar surface area (TPSA) is 15.3 Å². The SMILES string of the molecule is CN1CC[C@@]2(CCCNCC2)C1. The minimum atomic E-state index is 0.693. The van der Waals surface area contributed by atoms with Crippen LogP contribution < -0.4 is 5.32 Å². The number of hydrogen-bond donors (Lipinski definition) is 1. The van der Waals surface area contributed by atoms with Crippen molar-refractivity contribution in [3.63, 3.8) is 0 Å². The number of nitrogens with zero attached hydrogens (tertiary/aromatic N) is 1. The maximum absolute atomic E-state index is 3.49. The monoisotopic (exact) mass is 168 g/mol. The van der Waals surface area contributed by atoms with Crippen LogP contribution in [0.15, 0.2) is 0 Å². The summed E-state index contributed by atoms with van der Waals surface area (Å²) in [5.74, 6) is 0. The number of likely N-dealkylation sites (tertiary alicyclic amines) is 1. The zero-order valence-corrected chi connectivity index (χ0v) is 8.10. The van der Waals surface area contributed by atoms with Crippen LogP contribution >= 0.6 is 0 Å². The molecule has 0 saturated carbocycles. The van der Waals surface area contributed by atoms with Crippen molar-refractivity contribution in [3.05, 3.63) is 0 Å². The van der Waals surface area contributed by atoms with Crippen molar-refractivity contribution in [2.24, 2.45) is 5.41 Å². The average Bonchev–Trinajstić information content (AvgIpc) is 2.30. The molecule has 0 aromatic rings. The van der Waals surface area contributed by atoms with Gasteiger partial charge in [0.05, 0.1) is 0 Å². The zero-order valence-electron chi connectivity index (χ0n) is 8.10. The fourth-order valence-electron chi connectivity index (χ4n) is 2.76. The molecule has 2 rings (SSSR count). The van der Waals surface area contributed by atoms with Crippen LogP contribution in [-0.2, 0) is 0 Å². The van der Waals surface area contributed by atoms with Gasteiger partial charge in [0.25, 0.3) is 0 Å². The minimum absolute atomic E-state index is 0.693. The van der Waals surface area contributed by atoms with Crippen molar-refractivity contribution in [2.75, 3.05) is 33.2 Å². The first kappa shape index (κ1) is 8.52. The summed E-state index contributed by atoms with van der Waals surface area (Å²) in [7, 11) is 2.26. The zero-order chi connectivity index (χ0) is 8.44. The van der Waals surface area contributed by atoms with E-state index in [4.69, 9.17) is 0 Å². The molecule has 70 valence electrons. The Morgan fingerprint density at radius 3 is 2.83 bits per heavy atom. The molecule has 0 aromatic heterocycles. The largest absolute Gasteiger partial charge is 0.317 e. The molecule has 2 aliphatic rings. The second-order valence-corrected chi connectivity index (χ2v) is 4.59. The number of hydrogen-bond acceptors (Lipinski definition) is 2. The molecule has 2 aliphatic heterocycles. The summed E-state index contributed by atoms with van der Waals surface area (Å²) >= 11 is 0. The van der Waals surface area contributed by atoms with Gasteiger partial charge in [-0.2, -0.15) is 0 Å². The van der Waals surface area contributed by atoms with E-state index in [1.165, 1.54) is 51.9 Å². The Balaban J connectivity index is 1.98. The molecule has 1 spiro atoms. The van der Waals surface area contributed by atoms with E-state index in [2.05, 4.69) is 17.3 Å². The average molecular weight is 168 g/mol. The molecule has 2 heteroatoms. The Morgan fingerprint density at radius 2 is 2.08 bits per heavy atom. The van der Waals surface area contributed by atoms with Gasteiger partial charge in [-0.05, 0) is 57.8 Å². The molecule has 0 bridgehead atoms. The van der Waals surface area contributed by atoms with Gasteiger partial charge >= 0.3 is 0 Å². The summed E-state index contributed by atoms with van der Waals surface area (Å²) in [6.45, 7) is 5.15. The minimum Gasteiger partial charge on any atom is -0.317 e. The molecule has 2 fully saturated rings. The van der Waals surface area contributed by atoms with E-state index in [-0.39, 0.29) is 0 Å². The second-order valence-electron chi connectivity index (χ2n) is 4.59. The van der Waals surface area contributed by atoms with Crippen LogP contribution in [0.25, 0.3) is 0 Å². The third-order valence-electron chi connectivity index (χ3n) is 3.52. The summed E-state index contributed by atoms with van der Waals surface area (Å²) in [5, 5.41) is 3.49. The molecule has 0 radical (unpaired) electrons. The van der Waals surface area contributed by atoms with Gasteiger partial charge in [0.15, 0.2) is 0 Å². The van der Waals surface area contributed by atoms with Gasteiger partial charge in [0.2, 0.25) is 0 Å². The third kappa shape index (κ3) is 1.64. The summed E-state index contributed by atoms with van der Waals surface area (Å²) in [6, 6.07) is 0. The fraction of sp³-hybridized carbons (Fsp3) is 1.00. The first-order valence-corrected chi connectivity index (χ1v) is 5.20. The van der Waals surface area contributed by atoms with E-state index in [0.29, 0.717) is 5.41 Å². The summed E-state index contributed by atoms with van der Waals surface area (Å²) < 4.78 is 0. The van der Waals surface area contributed by atoms with E-state index in [1.54, 1.807) is 0 Å². The molecule has 0 aromatic carbocycles. The van der Waals surface area contributed by atoms with Gasteiger partial charge < -0.3 is 10.2 Å². The van der Waals surface area contributed by atoms with Crippen LogP contribution in [0.2, 0.25) is 0 Å². The fourth-order valence-corrected chi connectivity index (χ4v) is 2.76. The molecular weight excluding hydrogens is 148 g/mol. The van der Waals surface area contributed by atoms with Crippen LogP contribution in [0.1, 0.15) is 25.7 Å². The molecule has 2 saturated heterocycles. The Morgan fingerprint density at radius 1 is 1.17 bits per heavy atom. The van der Waals surface area contributed by atoms with Gasteiger partial charge in [0, 0.05) is 6.54 Å². The lowest BCUT2D eigenvalue weighted by atomic mass is 9.80. The van der Waals surface area contributed by atoms with E-state index in [0.717, 1.165) is 0 Å². The third-order valence-corrected chi connectivity index (χ3v) is 3.52. The van der Waals surface area contributed by atoms with Gasteiger partial charge in [-0.15, -0.1) is 0 Å². The molecular formula is C10H20N2. The van der Waals surface area contributed by atoms with E-state index >= 15 is 0 Å². The highest BCUT2D eigenvalue weighted by atomic mass is 15.1. The first-order chi connectivity index (χ1) is 5.81. The van der Waals surface area contributed by atoms with Crippen LogP contribution in [0, 0.1) is 5.41 Å². The second kappa shape index (κ2) is 3.35. The van der Waals surface area contributed by atoms with Crippen molar-refractivity contribution < 1.29 is 0 Å². The molecule has 1 N–H and O–H groups in total. The van der Waals surface area contributed by atoms with E-state index in [9.17, 15) is 0 Å². The lowest BCUT2D eigenvalue weighted by molar-refractivity contribution is 0.252. The smallest absolute Gasteiger partial charge is 0.00359 e. The van der Waals surface area contributed by atoms with E-state index < -0.39 is 0 Å². The standard InChI is InChI=1S/C10H20N2/c1-12-8-5-10(9-12)3-2-6-11-7-4-10/h11H,2-9H2,1H3/t10-/m0/s1. The molecule has 0 unspecified atom stereocenters. The molecule has 12 heavy (non-hydrogen) atoms. The maximum Gasteiger partial charge on any atom is 0.00359 e. The predicted octanol–water partition coefficient (Wildman–Crippen LogP) is 1.08. The lowest BCUT2D eigenvalue weighted by Gasteiger charge is -2.26. The maximum atomic E-state index is 3.49. The lowest BCUT2D eigenvalue weighted by Crippen LogP contribution is -2.26. The van der Waals surface area contributed by atoms with Crippen LogP contribution in [0.5, 0.6) is 0 Å². The van der Waals surface area contributed by atoms with Gasteiger partial charge in [-0.25, -0.2) is 0 Å². The Kier molecular flexibility index (Phi) is 2.37. The van der Waals surface area contributed by atoms with Gasteiger partial charge in [-0.1, -0.05) is 0 Å². The Labute approximate surface area is 75.3 Å². The van der Waals surface area contributed by atoms with Crippen molar-refractivity contribution >= 4 is 0 Å². The summed E-state index contributed by atoms with van der Waals surface area (Å²) in [6.07, 6.45) is 5.67. The van der Waals surface area contributed by atoms with Gasteiger partial charge in [0.1, 0.15) is 0 Å². The highest BCUT2D eigenvalue weighted by Crippen LogP contribution is 2.38. The first-order valence-electron chi connectivity index (χ1n) is 5.20.